The van der Waals surface area contributed by atoms with Gasteiger partial charge in [-0.1, -0.05) is 86.1 Å². The number of hydrogen-bond donors (Lipinski definition) is 1. The normalized spacial score (nSPS) is 12.6. The Kier molecular flexibility index (Phi) is 10.6. The van der Waals surface area contributed by atoms with Crippen LogP contribution in [0.1, 0.15) is 57.2 Å². The fraction of sp³-hybridized carbons (Fsp3) is 0.375. The van der Waals surface area contributed by atoms with Gasteiger partial charge in [0.25, 0.3) is 0 Å². The maximum absolute atomic E-state index is 14.2. The molecule has 220 valence electrons. The van der Waals surface area contributed by atoms with Crippen LogP contribution >= 0.6 is 11.6 Å². The summed E-state index contributed by atoms with van der Waals surface area (Å²) in [4.78, 5) is 29.4. The molecule has 0 bridgehead atoms. The van der Waals surface area contributed by atoms with Gasteiger partial charge in [-0.05, 0) is 61.6 Å². The van der Waals surface area contributed by atoms with Crippen molar-refractivity contribution in [1.82, 2.24) is 10.2 Å². The van der Waals surface area contributed by atoms with Crippen molar-refractivity contribution in [2.45, 2.75) is 65.1 Å². The summed E-state index contributed by atoms with van der Waals surface area (Å²) < 4.78 is 27.0. The topological polar surface area (TPSA) is 86.8 Å². The Bertz CT molecular complexity index is 1440. The molecular weight excluding hydrogens is 558 g/mol. The highest BCUT2D eigenvalue weighted by molar-refractivity contribution is 7.92. The third kappa shape index (κ3) is 9.33. The van der Waals surface area contributed by atoms with Crippen LogP contribution in [0.3, 0.4) is 0 Å². The standard InChI is InChI=1S/C32H40ClN3O4S/c1-23(2)25-16-18-27(19-17-25)36(41(6,39)40)22-30(37)35(21-26-14-10-11-15-28(26)33)29(31(38)34-32(3,4)5)20-24-12-8-7-9-13-24/h7-19,23,29H,20-22H2,1-6H3,(H,34,38). The lowest BCUT2D eigenvalue weighted by molar-refractivity contribution is -0.140. The van der Waals surface area contributed by atoms with Crippen molar-refractivity contribution in [2.75, 3.05) is 17.1 Å². The highest BCUT2D eigenvalue weighted by Gasteiger charge is 2.34. The number of sulfonamides is 1. The molecule has 3 rings (SSSR count). The number of carbonyl (C=O) groups excluding carboxylic acids is 2. The summed E-state index contributed by atoms with van der Waals surface area (Å²) in [6.45, 7) is 9.27. The molecule has 0 aromatic heterocycles. The van der Waals surface area contributed by atoms with Gasteiger partial charge in [-0.15, -0.1) is 0 Å². The molecule has 0 aliphatic heterocycles. The van der Waals surface area contributed by atoms with Crippen molar-refractivity contribution in [1.29, 1.82) is 0 Å². The Labute approximate surface area is 249 Å². The zero-order chi connectivity index (χ0) is 30.4. The van der Waals surface area contributed by atoms with Crippen LogP contribution in [0.15, 0.2) is 78.9 Å². The minimum absolute atomic E-state index is 0.0253. The average molecular weight is 598 g/mol. The van der Waals surface area contributed by atoms with Crippen LogP contribution in [0.2, 0.25) is 5.02 Å². The van der Waals surface area contributed by atoms with Gasteiger partial charge in [0.05, 0.1) is 11.9 Å². The lowest BCUT2D eigenvalue weighted by Gasteiger charge is -2.35. The van der Waals surface area contributed by atoms with E-state index in [9.17, 15) is 18.0 Å². The first-order valence-electron chi connectivity index (χ1n) is 13.6. The van der Waals surface area contributed by atoms with Crippen LogP contribution in [0, 0.1) is 0 Å². The Hall–Kier alpha value is -3.36. The van der Waals surface area contributed by atoms with Crippen molar-refractivity contribution < 1.29 is 18.0 Å². The second-order valence-electron chi connectivity index (χ2n) is 11.6. The van der Waals surface area contributed by atoms with E-state index in [0.717, 1.165) is 21.7 Å². The Morgan fingerprint density at radius 3 is 2.02 bits per heavy atom. The molecule has 2 amide bonds. The molecule has 1 N–H and O–H groups in total. The monoisotopic (exact) mass is 597 g/mol. The van der Waals surface area contributed by atoms with Gasteiger partial charge in [0, 0.05) is 23.5 Å². The molecule has 0 radical (unpaired) electrons. The van der Waals surface area contributed by atoms with Gasteiger partial charge in [-0.2, -0.15) is 0 Å². The van der Waals surface area contributed by atoms with E-state index in [1.165, 1.54) is 4.90 Å². The number of hydrogen-bond acceptors (Lipinski definition) is 4. The molecule has 0 spiro atoms. The first-order chi connectivity index (χ1) is 19.2. The SMILES string of the molecule is CC(C)c1ccc(N(CC(=O)N(Cc2ccccc2Cl)C(Cc2ccccc2)C(=O)NC(C)(C)C)S(C)(=O)=O)cc1. The van der Waals surface area contributed by atoms with E-state index in [0.29, 0.717) is 16.3 Å². The number of anilines is 1. The summed E-state index contributed by atoms with van der Waals surface area (Å²) in [6, 6.07) is 22.7. The predicted octanol–water partition coefficient (Wildman–Crippen LogP) is 5.78. The van der Waals surface area contributed by atoms with Gasteiger partial charge in [0.15, 0.2) is 0 Å². The molecular formula is C32H40ClN3O4S. The number of benzene rings is 3. The molecule has 0 fully saturated rings. The van der Waals surface area contributed by atoms with E-state index in [4.69, 9.17) is 11.6 Å². The van der Waals surface area contributed by atoms with Crippen molar-refractivity contribution >= 4 is 39.1 Å². The third-order valence-electron chi connectivity index (χ3n) is 6.59. The van der Waals surface area contributed by atoms with E-state index in [1.807, 2.05) is 69.3 Å². The Morgan fingerprint density at radius 2 is 1.49 bits per heavy atom. The van der Waals surface area contributed by atoms with Crippen LogP contribution in [-0.2, 0) is 32.6 Å². The largest absolute Gasteiger partial charge is 0.350 e. The minimum Gasteiger partial charge on any atom is -0.350 e. The van der Waals surface area contributed by atoms with E-state index in [1.54, 1.807) is 30.3 Å². The minimum atomic E-state index is -3.84. The summed E-state index contributed by atoms with van der Waals surface area (Å²) in [7, 11) is -3.84. The molecule has 3 aromatic rings. The number of nitrogens with zero attached hydrogens (tertiary/aromatic N) is 2. The summed E-state index contributed by atoms with van der Waals surface area (Å²) in [6.07, 6.45) is 1.31. The maximum atomic E-state index is 14.2. The third-order valence-corrected chi connectivity index (χ3v) is 8.10. The lowest BCUT2D eigenvalue weighted by atomic mass is 10.0. The van der Waals surface area contributed by atoms with Crippen LogP contribution < -0.4 is 9.62 Å². The van der Waals surface area contributed by atoms with Gasteiger partial charge in [0.1, 0.15) is 12.6 Å². The number of halogens is 1. The van der Waals surface area contributed by atoms with E-state index in [-0.39, 0.29) is 24.8 Å². The molecule has 0 aliphatic carbocycles. The number of nitrogens with one attached hydrogen (secondary N) is 1. The van der Waals surface area contributed by atoms with Crippen LogP contribution in [0.4, 0.5) is 5.69 Å². The molecule has 9 heteroatoms. The number of carbonyl (C=O) groups is 2. The Balaban J connectivity index is 2.07. The van der Waals surface area contributed by atoms with Crippen molar-refractivity contribution in [2.24, 2.45) is 0 Å². The van der Waals surface area contributed by atoms with Gasteiger partial charge in [-0.25, -0.2) is 8.42 Å². The molecule has 1 atom stereocenters. The summed E-state index contributed by atoms with van der Waals surface area (Å²) in [5.74, 6) is -0.592. The predicted molar refractivity (Wildman–Crippen MR) is 167 cm³/mol. The summed E-state index contributed by atoms with van der Waals surface area (Å²) in [5.41, 5.74) is 2.39. The second-order valence-corrected chi connectivity index (χ2v) is 13.9. The van der Waals surface area contributed by atoms with Gasteiger partial charge >= 0.3 is 0 Å². The second kappa shape index (κ2) is 13.5. The molecule has 7 nitrogen and oxygen atoms in total. The van der Waals surface area contributed by atoms with E-state index < -0.39 is 34.1 Å². The molecule has 3 aromatic carbocycles. The average Bonchev–Trinajstić information content (AvgIpc) is 2.89. The van der Waals surface area contributed by atoms with Crippen molar-refractivity contribution in [3.05, 3.63) is 101 Å². The fourth-order valence-corrected chi connectivity index (χ4v) is 5.50. The molecule has 0 saturated carbocycles. The number of amides is 2. The first-order valence-corrected chi connectivity index (χ1v) is 15.8. The molecule has 0 heterocycles. The van der Waals surface area contributed by atoms with Crippen molar-refractivity contribution in [3.8, 4) is 0 Å². The highest BCUT2D eigenvalue weighted by atomic mass is 35.5. The van der Waals surface area contributed by atoms with E-state index in [2.05, 4.69) is 19.2 Å². The molecule has 0 aliphatic rings. The maximum Gasteiger partial charge on any atom is 0.244 e. The smallest absolute Gasteiger partial charge is 0.244 e. The van der Waals surface area contributed by atoms with Gasteiger partial charge in [-0.3, -0.25) is 13.9 Å². The van der Waals surface area contributed by atoms with E-state index >= 15 is 0 Å². The molecule has 1 unspecified atom stereocenters. The lowest BCUT2D eigenvalue weighted by Crippen LogP contribution is -2.56. The van der Waals surface area contributed by atoms with Gasteiger partial charge in [0.2, 0.25) is 21.8 Å². The zero-order valence-corrected chi connectivity index (χ0v) is 26.2. The van der Waals surface area contributed by atoms with Crippen LogP contribution in [0.5, 0.6) is 0 Å². The fourth-order valence-electron chi connectivity index (χ4n) is 4.46. The zero-order valence-electron chi connectivity index (χ0n) is 24.6. The number of rotatable bonds is 11. The highest BCUT2D eigenvalue weighted by Crippen LogP contribution is 2.25. The quantitative estimate of drug-likeness (QED) is 0.303. The van der Waals surface area contributed by atoms with Crippen LogP contribution in [0.25, 0.3) is 0 Å². The summed E-state index contributed by atoms with van der Waals surface area (Å²) in [5, 5.41) is 3.46. The molecule has 41 heavy (non-hydrogen) atoms. The summed E-state index contributed by atoms with van der Waals surface area (Å²) >= 11 is 6.49. The van der Waals surface area contributed by atoms with Gasteiger partial charge < -0.3 is 10.2 Å². The first kappa shape index (κ1) is 32.2. The Morgan fingerprint density at radius 1 is 0.902 bits per heavy atom. The molecule has 0 saturated heterocycles. The van der Waals surface area contributed by atoms with Crippen LogP contribution in [-0.4, -0.2) is 49.5 Å². The van der Waals surface area contributed by atoms with Crippen molar-refractivity contribution in [3.63, 3.8) is 0 Å².